The van der Waals surface area contributed by atoms with Crippen molar-refractivity contribution >= 4 is 43.6 Å². The average Bonchev–Trinajstić information content (AvgIpc) is 2.97. The number of benzene rings is 3. The molecular weight excluding hydrogens is 286 g/mol. The molecule has 0 aliphatic heterocycles. The molecule has 2 heterocycles. The molecule has 0 aliphatic carbocycles. The molecule has 0 saturated heterocycles. The maximum absolute atomic E-state index is 13.1. The standard InChI is InChI=1S/C20H13NO2/c1-21-11-10-13-12-6-2-3-7-14(12)20-17(18(13)21)19(22)15-8-4-5-9-16(15)23-20/h2-11H,1H3. The summed E-state index contributed by atoms with van der Waals surface area (Å²) in [4.78, 5) is 13.1. The predicted octanol–water partition coefficient (Wildman–Crippen LogP) is 4.59. The van der Waals surface area contributed by atoms with Crippen molar-refractivity contribution in [2.75, 3.05) is 0 Å². The van der Waals surface area contributed by atoms with Crippen molar-refractivity contribution in [3.63, 3.8) is 0 Å². The largest absolute Gasteiger partial charge is 0.455 e. The van der Waals surface area contributed by atoms with Gasteiger partial charge in [-0.05, 0) is 23.6 Å². The Labute approximate surface area is 131 Å². The van der Waals surface area contributed by atoms with Crippen LogP contribution < -0.4 is 5.43 Å². The molecule has 110 valence electrons. The van der Waals surface area contributed by atoms with Crippen molar-refractivity contribution in [3.8, 4) is 0 Å². The SMILES string of the molecule is Cn1ccc2c3ccccc3c3oc4ccccc4c(=O)c3c21. The van der Waals surface area contributed by atoms with Crippen molar-refractivity contribution in [1.82, 2.24) is 4.57 Å². The fourth-order valence-electron chi connectivity index (χ4n) is 3.52. The van der Waals surface area contributed by atoms with Gasteiger partial charge >= 0.3 is 0 Å². The van der Waals surface area contributed by atoms with Crippen LogP contribution in [0.3, 0.4) is 0 Å². The van der Waals surface area contributed by atoms with E-state index in [1.165, 1.54) is 0 Å². The van der Waals surface area contributed by atoms with Crippen molar-refractivity contribution in [3.05, 3.63) is 71.0 Å². The van der Waals surface area contributed by atoms with Crippen LogP contribution in [0.15, 0.2) is 70.0 Å². The molecule has 0 unspecified atom stereocenters. The maximum Gasteiger partial charge on any atom is 0.202 e. The summed E-state index contributed by atoms with van der Waals surface area (Å²) >= 11 is 0. The molecule has 0 atom stereocenters. The van der Waals surface area contributed by atoms with Gasteiger partial charge in [-0.3, -0.25) is 4.79 Å². The molecule has 5 aromatic rings. The molecule has 23 heavy (non-hydrogen) atoms. The summed E-state index contributed by atoms with van der Waals surface area (Å²) in [5.74, 6) is 0. The van der Waals surface area contributed by atoms with E-state index in [4.69, 9.17) is 4.42 Å². The van der Waals surface area contributed by atoms with Crippen molar-refractivity contribution in [2.24, 2.45) is 7.05 Å². The van der Waals surface area contributed by atoms with Crippen LogP contribution in [0.5, 0.6) is 0 Å². The first-order valence-electron chi connectivity index (χ1n) is 7.57. The monoisotopic (exact) mass is 299 g/mol. The van der Waals surface area contributed by atoms with Crippen molar-refractivity contribution < 1.29 is 4.42 Å². The van der Waals surface area contributed by atoms with Gasteiger partial charge in [-0.1, -0.05) is 36.4 Å². The Kier molecular flexibility index (Phi) is 2.29. The maximum atomic E-state index is 13.1. The van der Waals surface area contributed by atoms with Gasteiger partial charge < -0.3 is 8.98 Å². The zero-order valence-electron chi connectivity index (χ0n) is 12.5. The molecule has 2 aromatic heterocycles. The molecule has 0 aliphatic rings. The first-order chi connectivity index (χ1) is 11.3. The Balaban J connectivity index is 2.26. The Hall–Kier alpha value is -3.07. The smallest absolute Gasteiger partial charge is 0.202 e. The number of rotatable bonds is 0. The zero-order chi connectivity index (χ0) is 15.6. The lowest BCUT2D eigenvalue weighted by Gasteiger charge is -2.09. The number of aryl methyl sites for hydroxylation is 1. The highest BCUT2D eigenvalue weighted by molar-refractivity contribution is 6.23. The van der Waals surface area contributed by atoms with Gasteiger partial charge in [-0.25, -0.2) is 0 Å². The van der Waals surface area contributed by atoms with Crippen LogP contribution in [-0.2, 0) is 7.05 Å². The van der Waals surface area contributed by atoms with E-state index in [0.29, 0.717) is 21.9 Å². The molecule has 3 heteroatoms. The first-order valence-corrected chi connectivity index (χ1v) is 7.57. The summed E-state index contributed by atoms with van der Waals surface area (Å²) in [6.45, 7) is 0. The third-order valence-corrected chi connectivity index (χ3v) is 4.57. The second kappa shape index (κ2) is 4.23. The van der Waals surface area contributed by atoms with Crippen LogP contribution in [0.25, 0.3) is 43.6 Å². The topological polar surface area (TPSA) is 35.1 Å². The number of hydrogen-bond acceptors (Lipinski definition) is 2. The zero-order valence-corrected chi connectivity index (χ0v) is 12.5. The summed E-state index contributed by atoms with van der Waals surface area (Å²) in [6.07, 6.45) is 1.99. The van der Waals surface area contributed by atoms with Crippen LogP contribution in [0.4, 0.5) is 0 Å². The molecule has 3 aromatic carbocycles. The van der Waals surface area contributed by atoms with Crippen LogP contribution >= 0.6 is 0 Å². The van der Waals surface area contributed by atoms with E-state index >= 15 is 0 Å². The van der Waals surface area contributed by atoms with Crippen LogP contribution in [0.2, 0.25) is 0 Å². The van der Waals surface area contributed by atoms with Gasteiger partial charge in [0.15, 0.2) is 0 Å². The van der Waals surface area contributed by atoms with Gasteiger partial charge in [-0.2, -0.15) is 0 Å². The van der Waals surface area contributed by atoms with Gasteiger partial charge in [0, 0.05) is 24.0 Å². The third-order valence-electron chi connectivity index (χ3n) is 4.57. The fraction of sp³-hybridized carbons (Fsp3) is 0.0500. The minimum atomic E-state index is 0.0272. The van der Waals surface area contributed by atoms with E-state index < -0.39 is 0 Å². The van der Waals surface area contributed by atoms with Crippen molar-refractivity contribution in [2.45, 2.75) is 0 Å². The van der Waals surface area contributed by atoms with E-state index in [0.717, 1.165) is 21.7 Å². The van der Waals surface area contributed by atoms with Gasteiger partial charge in [0.2, 0.25) is 5.43 Å². The summed E-state index contributed by atoms with van der Waals surface area (Å²) in [5.41, 5.74) is 2.25. The molecule has 0 amide bonds. The molecule has 0 fully saturated rings. The average molecular weight is 299 g/mol. The third kappa shape index (κ3) is 1.51. The molecule has 5 rings (SSSR count). The van der Waals surface area contributed by atoms with Crippen molar-refractivity contribution in [1.29, 1.82) is 0 Å². The van der Waals surface area contributed by atoms with E-state index in [1.807, 2.05) is 60.3 Å². The first kappa shape index (κ1) is 12.5. The minimum Gasteiger partial charge on any atom is -0.455 e. The van der Waals surface area contributed by atoms with E-state index in [-0.39, 0.29) is 5.43 Å². The molecule has 0 spiro atoms. The number of hydrogen-bond donors (Lipinski definition) is 0. The second-order valence-electron chi connectivity index (χ2n) is 5.87. The van der Waals surface area contributed by atoms with Gasteiger partial charge in [-0.15, -0.1) is 0 Å². The second-order valence-corrected chi connectivity index (χ2v) is 5.87. The molecule has 0 saturated carbocycles. The highest BCUT2D eigenvalue weighted by Crippen LogP contribution is 2.35. The highest BCUT2D eigenvalue weighted by atomic mass is 16.3. The van der Waals surface area contributed by atoms with Gasteiger partial charge in [0.1, 0.15) is 11.2 Å². The molecule has 0 bridgehead atoms. The summed E-state index contributed by atoms with van der Waals surface area (Å²) in [7, 11) is 1.96. The lowest BCUT2D eigenvalue weighted by molar-refractivity contribution is 0.664. The lowest BCUT2D eigenvalue weighted by atomic mass is 10.0. The number of nitrogens with zero attached hydrogens (tertiary/aromatic N) is 1. The summed E-state index contributed by atoms with van der Waals surface area (Å²) < 4.78 is 8.16. The molecule has 0 radical (unpaired) electrons. The summed E-state index contributed by atoms with van der Waals surface area (Å²) in [6, 6.07) is 17.6. The highest BCUT2D eigenvalue weighted by Gasteiger charge is 2.17. The van der Waals surface area contributed by atoms with Crippen LogP contribution in [0.1, 0.15) is 0 Å². The lowest BCUT2D eigenvalue weighted by Crippen LogP contribution is -2.04. The van der Waals surface area contributed by atoms with E-state index in [2.05, 4.69) is 12.1 Å². The van der Waals surface area contributed by atoms with E-state index in [9.17, 15) is 4.79 Å². The van der Waals surface area contributed by atoms with Crippen LogP contribution in [0, 0.1) is 0 Å². The molecule has 3 nitrogen and oxygen atoms in total. The Morgan fingerprint density at radius 3 is 2.35 bits per heavy atom. The normalized spacial score (nSPS) is 11.9. The quantitative estimate of drug-likeness (QED) is 0.309. The predicted molar refractivity (Wildman–Crippen MR) is 94.0 cm³/mol. The Bertz CT molecular complexity index is 1290. The van der Waals surface area contributed by atoms with Crippen LogP contribution in [-0.4, -0.2) is 4.57 Å². The minimum absolute atomic E-state index is 0.0272. The Morgan fingerprint density at radius 1 is 0.826 bits per heavy atom. The van der Waals surface area contributed by atoms with Gasteiger partial charge in [0.25, 0.3) is 0 Å². The fourth-order valence-corrected chi connectivity index (χ4v) is 3.52. The summed E-state index contributed by atoms with van der Waals surface area (Å²) in [5, 5.41) is 4.44. The number of fused-ring (bicyclic) bond motifs is 7. The van der Waals surface area contributed by atoms with E-state index in [1.54, 1.807) is 0 Å². The molecular formula is C20H13NO2. The number of para-hydroxylation sites is 1. The number of aromatic nitrogens is 1. The Morgan fingerprint density at radius 2 is 1.52 bits per heavy atom. The molecule has 0 N–H and O–H groups in total. The van der Waals surface area contributed by atoms with Gasteiger partial charge in [0.05, 0.1) is 16.3 Å².